The maximum Gasteiger partial charge on any atom is 1.00 e. The Balaban J connectivity index is 0.00000169. The van der Waals surface area contributed by atoms with E-state index in [4.69, 9.17) is 0 Å². The van der Waals surface area contributed by atoms with Crippen molar-refractivity contribution >= 4 is 18.7 Å². The summed E-state index contributed by atoms with van der Waals surface area (Å²) in [5.74, 6) is 0. The third-order valence-electron chi connectivity index (χ3n) is 1.38. The molecule has 0 amide bonds. The summed E-state index contributed by atoms with van der Waals surface area (Å²) in [5.41, 5.74) is -0.0708. The minimum atomic E-state index is -4.71. The van der Waals surface area contributed by atoms with Gasteiger partial charge in [-0.25, -0.2) is 0 Å². The summed E-state index contributed by atoms with van der Waals surface area (Å²) < 4.78 is 37.1. The zero-order valence-corrected chi connectivity index (χ0v) is 12.2. The van der Waals surface area contributed by atoms with E-state index in [0.717, 1.165) is 17.5 Å². The summed E-state index contributed by atoms with van der Waals surface area (Å²) in [6.45, 7) is -2.96. The quantitative estimate of drug-likeness (QED) is 0.515. The molecule has 0 aliphatic rings. The Morgan fingerprint density at radius 1 is 1.50 bits per heavy atom. The molecular weight excluding hydrogens is 239 g/mol. The summed E-state index contributed by atoms with van der Waals surface area (Å²) in [5, 5.41) is 4.50. The van der Waals surface area contributed by atoms with Gasteiger partial charge in [0, 0.05) is 7.05 Å². The number of halogens is 3. The molecule has 0 saturated carbocycles. The average Bonchev–Trinajstić information content (AvgIpc) is 2.24. The molecular formula is C6H9BF3KN2S. The average molecular weight is 248 g/mol. The van der Waals surface area contributed by atoms with E-state index in [-0.39, 0.29) is 51.4 Å². The fourth-order valence-corrected chi connectivity index (χ4v) is 1.74. The van der Waals surface area contributed by atoms with E-state index in [1.165, 1.54) is 4.68 Å². The third kappa shape index (κ3) is 5.22. The molecule has 0 aromatic carbocycles. The molecule has 74 valence electrons. The van der Waals surface area contributed by atoms with Crippen LogP contribution in [0, 0.1) is 6.92 Å². The molecule has 1 heterocycles. The van der Waals surface area contributed by atoms with Crippen molar-refractivity contribution in [1.82, 2.24) is 9.78 Å². The van der Waals surface area contributed by atoms with Crippen LogP contribution in [0.4, 0.5) is 12.9 Å². The van der Waals surface area contributed by atoms with Crippen LogP contribution in [0.5, 0.6) is 0 Å². The van der Waals surface area contributed by atoms with Gasteiger partial charge in [-0.3, -0.25) is 4.68 Å². The Morgan fingerprint density at radius 3 is 2.43 bits per heavy atom. The molecule has 0 unspecified atom stereocenters. The SMILES string of the molecule is Cc1cc(SC[B-](F)(F)F)n(C)n1.[K+]. The summed E-state index contributed by atoms with van der Waals surface area (Å²) in [6.07, 6.45) is 0. The standard InChI is InChI=1S/C6H9BF3N2S.K/c1-5-3-6(12(2)11-5)13-4-7(8,9)10;/h3H,4H2,1-2H3;/q-1;+1. The van der Waals surface area contributed by atoms with Crippen LogP contribution in [0.2, 0.25) is 0 Å². The first kappa shape index (κ1) is 15.1. The second-order valence-corrected chi connectivity index (χ2v) is 3.81. The first-order valence-corrected chi connectivity index (χ1v) is 4.71. The largest absolute Gasteiger partial charge is 1.00 e. The molecule has 1 aromatic heterocycles. The molecule has 0 bridgehead atoms. The Bertz CT molecular complexity index is 302. The van der Waals surface area contributed by atoms with Crippen LogP contribution in [0.15, 0.2) is 11.1 Å². The maximum absolute atomic E-state index is 11.9. The first-order valence-electron chi connectivity index (χ1n) is 3.73. The van der Waals surface area contributed by atoms with Gasteiger partial charge in [-0.2, -0.15) is 5.10 Å². The van der Waals surface area contributed by atoms with Gasteiger partial charge < -0.3 is 12.9 Å². The smallest absolute Gasteiger partial charge is 0.448 e. The Hall–Kier alpha value is 1.05. The van der Waals surface area contributed by atoms with Gasteiger partial charge in [0.2, 0.25) is 0 Å². The molecule has 14 heavy (non-hydrogen) atoms. The molecule has 2 nitrogen and oxygen atoms in total. The molecule has 1 aromatic rings. The van der Waals surface area contributed by atoms with Crippen LogP contribution < -0.4 is 51.4 Å². The van der Waals surface area contributed by atoms with Crippen molar-refractivity contribution in [3.05, 3.63) is 11.8 Å². The van der Waals surface area contributed by atoms with E-state index < -0.39 is 12.6 Å². The second-order valence-electron chi connectivity index (χ2n) is 2.77. The number of rotatable bonds is 3. The molecule has 0 atom stereocenters. The molecule has 0 radical (unpaired) electrons. The molecule has 0 fully saturated rings. The van der Waals surface area contributed by atoms with Crippen molar-refractivity contribution in [3.8, 4) is 0 Å². The van der Waals surface area contributed by atoms with Crippen molar-refractivity contribution < 1.29 is 64.3 Å². The van der Waals surface area contributed by atoms with Gasteiger partial charge in [0.15, 0.2) is 0 Å². The summed E-state index contributed by atoms with van der Waals surface area (Å²) in [7, 11) is 1.64. The monoisotopic (exact) mass is 248 g/mol. The minimum absolute atomic E-state index is 0. The van der Waals surface area contributed by atoms with Crippen LogP contribution in [0.1, 0.15) is 5.69 Å². The molecule has 1 rings (SSSR count). The van der Waals surface area contributed by atoms with E-state index in [1.807, 2.05) is 0 Å². The number of hydrogen-bond acceptors (Lipinski definition) is 2. The summed E-state index contributed by atoms with van der Waals surface area (Å²) >= 11 is 0.778. The second kappa shape index (κ2) is 5.95. The summed E-state index contributed by atoms with van der Waals surface area (Å²) in [4.78, 5) is 0. The third-order valence-corrected chi connectivity index (χ3v) is 2.60. The number of aryl methyl sites for hydroxylation is 2. The van der Waals surface area contributed by atoms with Crippen molar-refractivity contribution in [2.45, 2.75) is 11.9 Å². The van der Waals surface area contributed by atoms with E-state index in [2.05, 4.69) is 5.10 Å². The fraction of sp³-hybridized carbons (Fsp3) is 0.500. The van der Waals surface area contributed by atoms with Crippen LogP contribution >= 0.6 is 11.8 Å². The Kier molecular flexibility index (Phi) is 6.40. The molecule has 0 spiro atoms. The van der Waals surface area contributed by atoms with Crippen molar-refractivity contribution in [3.63, 3.8) is 0 Å². The molecule has 0 saturated heterocycles. The normalized spacial score (nSPS) is 11.2. The van der Waals surface area contributed by atoms with E-state index in [9.17, 15) is 12.9 Å². The van der Waals surface area contributed by atoms with Gasteiger partial charge in [0.25, 0.3) is 0 Å². The minimum Gasteiger partial charge on any atom is -0.448 e. The van der Waals surface area contributed by atoms with E-state index in [0.29, 0.717) is 5.03 Å². The molecule has 0 aliphatic heterocycles. The zero-order chi connectivity index (χ0) is 10.1. The number of hydrogen-bond donors (Lipinski definition) is 0. The Morgan fingerprint density at radius 2 is 2.07 bits per heavy atom. The summed E-state index contributed by atoms with van der Waals surface area (Å²) in [6, 6.07) is 1.65. The van der Waals surface area contributed by atoms with Gasteiger partial charge in [-0.1, -0.05) is 0 Å². The van der Waals surface area contributed by atoms with Gasteiger partial charge in [0.1, 0.15) is 0 Å². The fourth-order valence-electron chi connectivity index (χ4n) is 0.902. The van der Waals surface area contributed by atoms with Crippen LogP contribution in [-0.4, -0.2) is 22.4 Å². The van der Waals surface area contributed by atoms with Gasteiger partial charge >= 0.3 is 58.4 Å². The predicted molar refractivity (Wildman–Crippen MR) is 47.7 cm³/mol. The van der Waals surface area contributed by atoms with Gasteiger partial charge in [-0.05, 0) is 18.6 Å². The molecule has 0 N–H and O–H groups in total. The van der Waals surface area contributed by atoms with Gasteiger partial charge in [-0.15, -0.1) is 11.8 Å². The maximum atomic E-state index is 11.9. The number of nitrogens with zero attached hydrogens (tertiary/aromatic N) is 2. The predicted octanol–water partition coefficient (Wildman–Crippen LogP) is -0.789. The van der Waals surface area contributed by atoms with E-state index in [1.54, 1.807) is 20.0 Å². The van der Waals surface area contributed by atoms with Crippen molar-refractivity contribution in [1.29, 1.82) is 0 Å². The van der Waals surface area contributed by atoms with Crippen molar-refractivity contribution in [2.24, 2.45) is 7.05 Å². The van der Waals surface area contributed by atoms with Crippen LogP contribution in [-0.2, 0) is 7.05 Å². The first-order chi connectivity index (χ1) is 5.88. The topological polar surface area (TPSA) is 17.8 Å². The molecule has 8 heteroatoms. The Labute approximate surface area is 127 Å². The van der Waals surface area contributed by atoms with E-state index >= 15 is 0 Å². The zero-order valence-electron chi connectivity index (χ0n) is 8.30. The number of aromatic nitrogens is 2. The number of thioether (sulfide) groups is 1. The van der Waals surface area contributed by atoms with Crippen LogP contribution in [0.25, 0.3) is 0 Å². The van der Waals surface area contributed by atoms with Gasteiger partial charge in [0.05, 0.1) is 10.7 Å². The molecule has 0 aliphatic carbocycles. The van der Waals surface area contributed by atoms with Crippen LogP contribution in [0.3, 0.4) is 0 Å². The van der Waals surface area contributed by atoms with Crippen molar-refractivity contribution in [2.75, 3.05) is 5.65 Å².